The van der Waals surface area contributed by atoms with Gasteiger partial charge in [-0.1, -0.05) is 0 Å². The average Bonchev–Trinajstić information content (AvgIpc) is 2.31. The van der Waals surface area contributed by atoms with Gasteiger partial charge >= 0.3 is 0 Å². The Morgan fingerprint density at radius 3 is 1.41 bits per heavy atom. The number of hydrogen-bond donors (Lipinski definition) is 4. The van der Waals surface area contributed by atoms with E-state index in [4.69, 9.17) is 32.0 Å². The van der Waals surface area contributed by atoms with Crippen LogP contribution in [0, 0.1) is 0 Å². The van der Waals surface area contributed by atoms with Gasteiger partial charge in [0.05, 0.1) is 0 Å². The lowest BCUT2D eigenvalue weighted by atomic mass is 10.7. The van der Waals surface area contributed by atoms with Gasteiger partial charge in [-0.25, -0.2) is 0 Å². The molecule has 0 aliphatic rings. The lowest BCUT2D eigenvalue weighted by Crippen LogP contribution is -2.31. The van der Waals surface area contributed by atoms with Gasteiger partial charge in [0.25, 0.3) is 0 Å². The Balaban J connectivity index is 3.08. The minimum absolute atomic E-state index is 0.0723. The Morgan fingerprint density at radius 1 is 0.765 bits per heavy atom. The van der Waals surface area contributed by atoms with Gasteiger partial charge in [-0.15, -0.1) is 0 Å². The molecule has 10 heteroatoms. The van der Waals surface area contributed by atoms with Gasteiger partial charge in [0.1, 0.15) is 26.9 Å². The Morgan fingerprint density at radius 2 is 1.12 bits per heavy atom. The van der Waals surface area contributed by atoms with Crippen LogP contribution in [0.15, 0.2) is 0 Å². The van der Waals surface area contributed by atoms with Gasteiger partial charge < -0.3 is 20.4 Å². The van der Waals surface area contributed by atoms with Crippen LogP contribution in [-0.2, 0) is 0 Å². The first-order chi connectivity index (χ1) is 8.15. The van der Waals surface area contributed by atoms with Crippen molar-refractivity contribution in [3.63, 3.8) is 0 Å². The van der Waals surface area contributed by atoms with E-state index in [0.29, 0.717) is 0 Å². The van der Waals surface area contributed by atoms with Gasteiger partial charge in [-0.3, -0.25) is 9.80 Å². The SMILES string of the molecule is OCN(CO)c1nc(Cl)nc(N(CO)CO)n1. The zero-order valence-corrected chi connectivity index (χ0v) is 9.49. The van der Waals surface area contributed by atoms with E-state index in [1.54, 1.807) is 0 Å². The fourth-order valence-corrected chi connectivity index (χ4v) is 1.11. The maximum absolute atomic E-state index is 8.92. The molecule has 0 fully saturated rings. The summed E-state index contributed by atoms with van der Waals surface area (Å²) >= 11 is 5.62. The normalized spacial score (nSPS) is 10.4. The van der Waals surface area contributed by atoms with Gasteiger partial charge in [-0.2, -0.15) is 15.0 Å². The summed E-state index contributed by atoms with van der Waals surface area (Å²) in [4.78, 5) is 13.2. The van der Waals surface area contributed by atoms with E-state index in [1.165, 1.54) is 0 Å². The highest BCUT2D eigenvalue weighted by atomic mass is 35.5. The molecular formula is C7H12ClN5O4. The van der Waals surface area contributed by atoms with E-state index >= 15 is 0 Å². The molecule has 0 radical (unpaired) electrons. The molecule has 1 rings (SSSR count). The largest absolute Gasteiger partial charge is 0.376 e. The highest BCUT2D eigenvalue weighted by Gasteiger charge is 2.14. The quantitative estimate of drug-likeness (QED) is 0.429. The Bertz CT molecular complexity index is 330. The molecule has 0 unspecified atom stereocenters. The maximum Gasteiger partial charge on any atom is 0.235 e. The molecule has 0 aromatic carbocycles. The van der Waals surface area contributed by atoms with E-state index in [1.807, 2.05) is 0 Å². The maximum atomic E-state index is 8.92. The summed E-state index contributed by atoms with van der Waals surface area (Å²) in [5.41, 5.74) is 0. The summed E-state index contributed by atoms with van der Waals surface area (Å²) in [5, 5.41) is 35.5. The third-order valence-corrected chi connectivity index (χ3v) is 2.00. The first kappa shape index (κ1) is 13.8. The van der Waals surface area contributed by atoms with Crippen LogP contribution in [0.1, 0.15) is 0 Å². The summed E-state index contributed by atoms with van der Waals surface area (Å²) in [6, 6.07) is 0. The lowest BCUT2D eigenvalue weighted by Gasteiger charge is -2.20. The predicted molar refractivity (Wildman–Crippen MR) is 58.1 cm³/mol. The summed E-state index contributed by atoms with van der Waals surface area (Å²) in [5.74, 6) is -0.145. The fourth-order valence-electron chi connectivity index (χ4n) is 0.955. The molecule has 0 spiro atoms. The molecule has 1 aromatic rings. The number of rotatable bonds is 6. The second-order valence-electron chi connectivity index (χ2n) is 2.85. The van der Waals surface area contributed by atoms with Crippen LogP contribution in [0.5, 0.6) is 0 Å². The number of halogens is 1. The Labute approximate surface area is 102 Å². The first-order valence-corrected chi connectivity index (χ1v) is 4.89. The van der Waals surface area contributed by atoms with Gasteiger partial charge in [0.15, 0.2) is 0 Å². The Hall–Kier alpha value is -1.26. The van der Waals surface area contributed by atoms with Crippen LogP contribution in [-0.4, -0.2) is 62.3 Å². The van der Waals surface area contributed by atoms with Crippen LogP contribution >= 0.6 is 11.6 Å². The highest BCUT2D eigenvalue weighted by molar-refractivity contribution is 6.28. The second kappa shape index (κ2) is 6.47. The standard InChI is InChI=1S/C7H12ClN5O4/c8-5-9-6(12(1-14)2-15)11-7(10-5)13(3-16)4-17/h14-17H,1-4H2. The number of nitrogens with zero attached hydrogens (tertiary/aromatic N) is 5. The van der Waals surface area contributed by atoms with E-state index in [2.05, 4.69) is 15.0 Å². The minimum atomic E-state index is -0.519. The van der Waals surface area contributed by atoms with E-state index < -0.39 is 26.9 Å². The zero-order chi connectivity index (χ0) is 12.8. The third-order valence-electron chi connectivity index (χ3n) is 1.83. The topological polar surface area (TPSA) is 126 Å². The molecule has 0 saturated heterocycles. The van der Waals surface area contributed by atoms with Crippen LogP contribution in [0.25, 0.3) is 0 Å². The smallest absolute Gasteiger partial charge is 0.235 e. The number of hydrogen-bond acceptors (Lipinski definition) is 9. The number of aromatic nitrogens is 3. The zero-order valence-electron chi connectivity index (χ0n) is 8.73. The molecular weight excluding hydrogens is 254 g/mol. The first-order valence-electron chi connectivity index (χ1n) is 4.51. The molecule has 0 aliphatic heterocycles. The lowest BCUT2D eigenvalue weighted by molar-refractivity contribution is 0.217. The summed E-state index contributed by atoms with van der Waals surface area (Å²) in [7, 11) is 0. The van der Waals surface area contributed by atoms with Crippen LogP contribution < -0.4 is 9.80 Å². The highest BCUT2D eigenvalue weighted by Crippen LogP contribution is 2.15. The summed E-state index contributed by atoms with van der Waals surface area (Å²) in [6.45, 7) is -2.08. The van der Waals surface area contributed by atoms with Crippen molar-refractivity contribution >= 4 is 23.5 Å². The van der Waals surface area contributed by atoms with Gasteiger partial charge in [-0.05, 0) is 11.6 Å². The van der Waals surface area contributed by atoms with Gasteiger partial charge in [0, 0.05) is 0 Å². The van der Waals surface area contributed by atoms with Crippen molar-refractivity contribution in [1.82, 2.24) is 15.0 Å². The molecule has 0 saturated carbocycles. The Kier molecular flexibility index (Phi) is 5.25. The van der Waals surface area contributed by atoms with E-state index in [0.717, 1.165) is 9.80 Å². The summed E-state index contributed by atoms with van der Waals surface area (Å²) in [6.07, 6.45) is 0. The minimum Gasteiger partial charge on any atom is -0.376 e. The monoisotopic (exact) mass is 265 g/mol. The van der Waals surface area contributed by atoms with Crippen molar-refractivity contribution in [3.05, 3.63) is 5.28 Å². The predicted octanol–water partition coefficient (Wildman–Crippen LogP) is -2.06. The molecule has 4 N–H and O–H groups in total. The van der Waals surface area contributed by atoms with E-state index in [9.17, 15) is 0 Å². The average molecular weight is 266 g/mol. The van der Waals surface area contributed by atoms with Crippen molar-refractivity contribution < 1.29 is 20.4 Å². The summed E-state index contributed by atoms with van der Waals surface area (Å²) < 4.78 is 0. The fraction of sp³-hybridized carbons (Fsp3) is 0.571. The van der Waals surface area contributed by atoms with Crippen molar-refractivity contribution in [1.29, 1.82) is 0 Å². The molecule has 1 aromatic heterocycles. The van der Waals surface area contributed by atoms with Crippen LogP contribution in [0.2, 0.25) is 5.28 Å². The number of anilines is 2. The van der Waals surface area contributed by atoms with Gasteiger partial charge in [0.2, 0.25) is 17.2 Å². The number of aliphatic hydroxyl groups excluding tert-OH is 4. The molecule has 96 valence electrons. The van der Waals surface area contributed by atoms with Crippen molar-refractivity contribution in [2.45, 2.75) is 0 Å². The van der Waals surface area contributed by atoms with E-state index in [-0.39, 0.29) is 17.2 Å². The molecule has 1 heterocycles. The van der Waals surface area contributed by atoms with Crippen molar-refractivity contribution in [2.24, 2.45) is 0 Å². The number of aliphatic hydroxyl groups is 4. The van der Waals surface area contributed by atoms with Crippen LogP contribution in [0.4, 0.5) is 11.9 Å². The van der Waals surface area contributed by atoms with Crippen molar-refractivity contribution in [2.75, 3.05) is 36.7 Å². The molecule has 0 bridgehead atoms. The molecule has 0 amide bonds. The third kappa shape index (κ3) is 3.35. The molecule has 0 aliphatic carbocycles. The molecule has 9 nitrogen and oxygen atoms in total. The van der Waals surface area contributed by atoms with Crippen molar-refractivity contribution in [3.8, 4) is 0 Å². The molecule has 17 heavy (non-hydrogen) atoms. The second-order valence-corrected chi connectivity index (χ2v) is 3.19. The molecule has 0 atom stereocenters. The van der Waals surface area contributed by atoms with Crippen LogP contribution in [0.3, 0.4) is 0 Å².